The lowest BCUT2D eigenvalue weighted by molar-refractivity contribution is 0.668. The lowest BCUT2D eigenvalue weighted by atomic mass is 9.67. The van der Waals surface area contributed by atoms with Crippen molar-refractivity contribution >= 4 is 66.0 Å². The van der Waals surface area contributed by atoms with Crippen LogP contribution in [0.25, 0.3) is 76.9 Å². The summed E-state index contributed by atoms with van der Waals surface area (Å²) in [6, 6.07) is 52.7. The van der Waals surface area contributed by atoms with Crippen LogP contribution in [0, 0.1) is 0 Å². The first-order valence-corrected chi connectivity index (χ1v) is 17.2. The fourth-order valence-corrected chi connectivity index (χ4v) is 8.70. The van der Waals surface area contributed by atoms with Gasteiger partial charge in [0.15, 0.2) is 0 Å². The van der Waals surface area contributed by atoms with Crippen molar-refractivity contribution in [2.75, 3.05) is 11.5 Å². The molecule has 2 aromatic heterocycles. The molecule has 0 spiro atoms. The average Bonchev–Trinajstić information content (AvgIpc) is 3.80. The summed E-state index contributed by atoms with van der Waals surface area (Å²) in [7, 11) is 0. The molecule has 0 saturated heterocycles. The van der Waals surface area contributed by atoms with Crippen molar-refractivity contribution in [3.8, 4) is 22.3 Å². The van der Waals surface area contributed by atoms with E-state index < -0.39 is 5.41 Å². The molecule has 8 aromatic carbocycles. The first-order chi connectivity index (χ1) is 25.5. The van der Waals surface area contributed by atoms with Crippen LogP contribution in [0.3, 0.4) is 0 Å². The van der Waals surface area contributed by atoms with E-state index >= 15 is 0 Å². The molecule has 0 saturated carbocycles. The molecular weight excluding hydrogens is 625 g/mol. The summed E-state index contributed by atoms with van der Waals surface area (Å²) in [6.45, 7) is 0. The number of anilines is 2. The number of nitrogen functional groups attached to an aromatic ring is 2. The standard InChI is InChI=1S/C47H30N2O2/c48-32-17-18-36-38-20-28-23-43-39(21-29(28)22-42(38)50-44(36)25-32)46-37(24-33(49)26-45(46)51-43)27-9-8-12-31(19-27)47(30-10-2-1-3-11-30)40-15-6-4-13-34(40)35-14-5-7-16-41(35)47/h1-26H,48-49H2/i19D. The molecule has 0 unspecified atom stereocenters. The Bertz CT molecular complexity index is 3070. The van der Waals surface area contributed by atoms with Crippen LogP contribution < -0.4 is 11.5 Å². The normalized spacial score (nSPS) is 13.7. The van der Waals surface area contributed by atoms with E-state index in [1.165, 1.54) is 22.3 Å². The minimum atomic E-state index is -0.696. The molecule has 4 N–H and O–H groups in total. The lowest BCUT2D eigenvalue weighted by Crippen LogP contribution is -2.28. The van der Waals surface area contributed by atoms with Crippen molar-refractivity contribution in [3.63, 3.8) is 0 Å². The Morgan fingerprint density at radius 3 is 1.82 bits per heavy atom. The number of fused-ring (bicyclic) bond motifs is 10. The molecule has 0 bridgehead atoms. The van der Waals surface area contributed by atoms with Crippen LogP contribution in [0.5, 0.6) is 0 Å². The second-order valence-electron chi connectivity index (χ2n) is 13.6. The van der Waals surface area contributed by atoms with Gasteiger partial charge in [-0.15, -0.1) is 0 Å². The molecule has 1 aliphatic rings. The minimum absolute atomic E-state index is 0.447. The van der Waals surface area contributed by atoms with Gasteiger partial charge in [0.2, 0.25) is 0 Å². The average molecular weight is 656 g/mol. The van der Waals surface area contributed by atoms with Gasteiger partial charge >= 0.3 is 0 Å². The van der Waals surface area contributed by atoms with Crippen molar-refractivity contribution in [2.24, 2.45) is 0 Å². The van der Waals surface area contributed by atoms with E-state index in [2.05, 4.69) is 109 Å². The smallest absolute Gasteiger partial charge is 0.138 e. The lowest BCUT2D eigenvalue weighted by Gasteiger charge is -2.34. The molecule has 11 rings (SSSR count). The first kappa shape index (κ1) is 27.1. The van der Waals surface area contributed by atoms with Crippen LogP contribution in [-0.4, -0.2) is 0 Å². The van der Waals surface area contributed by atoms with Gasteiger partial charge in [-0.3, -0.25) is 0 Å². The zero-order chi connectivity index (χ0) is 34.7. The van der Waals surface area contributed by atoms with Gasteiger partial charge < -0.3 is 20.3 Å². The molecule has 4 heteroatoms. The number of hydrogen-bond donors (Lipinski definition) is 2. The fourth-order valence-electron chi connectivity index (χ4n) is 8.70. The summed E-state index contributed by atoms with van der Waals surface area (Å²) in [4.78, 5) is 0. The third-order valence-electron chi connectivity index (χ3n) is 10.8. The maximum Gasteiger partial charge on any atom is 0.138 e. The van der Waals surface area contributed by atoms with Gasteiger partial charge in [-0.1, -0.05) is 97.1 Å². The molecule has 0 amide bonds. The Morgan fingerprint density at radius 2 is 1.06 bits per heavy atom. The van der Waals surface area contributed by atoms with Crippen LogP contribution in [0.4, 0.5) is 11.4 Å². The second kappa shape index (κ2) is 10.1. The van der Waals surface area contributed by atoms with Crippen molar-refractivity contribution in [3.05, 3.63) is 180 Å². The molecule has 1 aliphatic carbocycles. The molecule has 0 atom stereocenters. The zero-order valence-electron chi connectivity index (χ0n) is 28.4. The predicted octanol–water partition coefficient (Wildman–Crippen LogP) is 11.8. The monoisotopic (exact) mass is 655 g/mol. The Balaban J connectivity index is 1.19. The van der Waals surface area contributed by atoms with Crippen LogP contribution in [0.2, 0.25) is 0 Å². The van der Waals surface area contributed by atoms with E-state index in [1.54, 1.807) is 0 Å². The van der Waals surface area contributed by atoms with Crippen molar-refractivity contribution in [1.29, 1.82) is 0 Å². The van der Waals surface area contributed by atoms with Gasteiger partial charge in [0.1, 0.15) is 22.3 Å². The highest BCUT2D eigenvalue weighted by Crippen LogP contribution is 2.56. The Hall–Kier alpha value is -6.78. The van der Waals surface area contributed by atoms with E-state index in [4.69, 9.17) is 20.3 Å². The van der Waals surface area contributed by atoms with E-state index in [0.717, 1.165) is 71.3 Å². The number of benzene rings is 8. The Labute approximate surface area is 294 Å². The van der Waals surface area contributed by atoms with Crippen LogP contribution in [-0.2, 0) is 5.41 Å². The van der Waals surface area contributed by atoms with E-state index in [-0.39, 0.29) is 0 Å². The quantitative estimate of drug-likeness (QED) is 0.186. The Kier molecular flexibility index (Phi) is 5.38. The van der Waals surface area contributed by atoms with Crippen LogP contribution >= 0.6 is 0 Å². The molecule has 0 aliphatic heterocycles. The molecule has 2 heterocycles. The van der Waals surface area contributed by atoms with Gasteiger partial charge in [0.05, 0.1) is 6.79 Å². The highest BCUT2D eigenvalue weighted by molar-refractivity contribution is 6.18. The van der Waals surface area contributed by atoms with Gasteiger partial charge in [0, 0.05) is 45.1 Å². The maximum atomic E-state index is 10.1. The Morgan fingerprint density at radius 1 is 0.451 bits per heavy atom. The van der Waals surface area contributed by atoms with Gasteiger partial charge in [0.25, 0.3) is 0 Å². The SMILES string of the molecule is [2H]c1c(-c2cc(N)cc3oc4cc5cc6c(cc5cc4c23)oc2cc(N)ccc26)cccc1C1(c2ccccc2)c2ccccc2-c2ccccc21. The third kappa shape index (κ3) is 3.84. The molecular formula is C47H30N2O2. The molecule has 240 valence electrons. The van der Waals surface area contributed by atoms with Gasteiger partial charge in [-0.25, -0.2) is 0 Å². The molecule has 4 nitrogen and oxygen atoms in total. The predicted molar refractivity (Wildman–Crippen MR) is 210 cm³/mol. The fraction of sp³-hybridized carbons (Fsp3) is 0.0213. The first-order valence-electron chi connectivity index (χ1n) is 17.7. The second-order valence-corrected chi connectivity index (χ2v) is 13.6. The molecule has 0 fully saturated rings. The number of rotatable bonds is 3. The summed E-state index contributed by atoms with van der Waals surface area (Å²) in [5.74, 6) is 0. The highest BCUT2D eigenvalue weighted by atomic mass is 16.3. The summed E-state index contributed by atoms with van der Waals surface area (Å²) in [5, 5.41) is 6.00. The van der Waals surface area contributed by atoms with E-state index in [9.17, 15) is 1.37 Å². The zero-order valence-corrected chi connectivity index (χ0v) is 27.4. The van der Waals surface area contributed by atoms with Crippen LogP contribution in [0.15, 0.2) is 167 Å². The maximum absolute atomic E-state index is 10.1. The summed E-state index contributed by atoms with van der Waals surface area (Å²) >= 11 is 0. The summed E-state index contributed by atoms with van der Waals surface area (Å²) in [6.07, 6.45) is 0. The van der Waals surface area contributed by atoms with Gasteiger partial charge in [-0.2, -0.15) is 0 Å². The number of furan rings is 2. The number of nitrogens with two attached hydrogens (primary N) is 2. The minimum Gasteiger partial charge on any atom is -0.456 e. The van der Waals surface area contributed by atoms with Crippen molar-refractivity contribution < 1.29 is 10.2 Å². The van der Waals surface area contributed by atoms with Crippen molar-refractivity contribution in [1.82, 2.24) is 0 Å². The largest absolute Gasteiger partial charge is 0.456 e. The summed E-state index contributed by atoms with van der Waals surface area (Å²) < 4.78 is 22.9. The van der Waals surface area contributed by atoms with E-state index in [1.807, 2.05) is 42.5 Å². The third-order valence-corrected chi connectivity index (χ3v) is 10.8. The van der Waals surface area contributed by atoms with E-state index in [0.29, 0.717) is 23.0 Å². The van der Waals surface area contributed by atoms with Crippen LogP contribution in [0.1, 0.15) is 23.6 Å². The van der Waals surface area contributed by atoms with Crippen molar-refractivity contribution in [2.45, 2.75) is 5.41 Å². The van der Waals surface area contributed by atoms with Gasteiger partial charge in [-0.05, 0) is 104 Å². The topological polar surface area (TPSA) is 78.3 Å². The summed E-state index contributed by atoms with van der Waals surface area (Å²) in [5.41, 5.74) is 24.6. The molecule has 51 heavy (non-hydrogen) atoms. The molecule has 0 radical (unpaired) electrons. The highest BCUT2D eigenvalue weighted by Gasteiger charge is 2.45. The number of hydrogen-bond acceptors (Lipinski definition) is 4. The molecule has 10 aromatic rings.